The summed E-state index contributed by atoms with van der Waals surface area (Å²) in [6.07, 6.45) is 5.56. The van der Waals surface area contributed by atoms with Crippen molar-refractivity contribution in [2.45, 2.75) is 58.9 Å². The van der Waals surface area contributed by atoms with Crippen LogP contribution in [0.2, 0.25) is 0 Å². The second-order valence-corrected chi connectivity index (χ2v) is 13.4. The standard InChI is InChI=1S/C34H41N3O5/c1-33(2)14-13-28-34(22-33,32(41)42-3)20-26(19-29(38)35-15-17-36(18-16-35)30(39)24-11-12-24)31(40)37(28)21-25-9-6-8-23-7-4-5-10-27(23)25/h4-10,13,24,26H,11-12,14-22H2,1-3H3/t26-,34-/m1/s1. The molecule has 8 nitrogen and oxygen atoms in total. The largest absolute Gasteiger partial charge is 0.468 e. The zero-order valence-corrected chi connectivity index (χ0v) is 24.9. The average Bonchev–Trinajstić information content (AvgIpc) is 3.84. The molecule has 3 fully saturated rings. The normalized spacial score (nSPS) is 25.6. The average molecular weight is 572 g/mol. The number of carbonyl (C=O) groups excluding carboxylic acids is 4. The first-order chi connectivity index (χ1) is 20.1. The number of ether oxygens (including phenoxy) is 1. The number of allylic oxidation sites excluding steroid dienone is 1. The van der Waals surface area contributed by atoms with Gasteiger partial charge < -0.3 is 19.4 Å². The van der Waals surface area contributed by atoms with Gasteiger partial charge in [-0.25, -0.2) is 0 Å². The highest BCUT2D eigenvalue weighted by Gasteiger charge is 2.57. The molecule has 2 aromatic rings. The SMILES string of the molecule is COC(=O)[C@@]12C[C@@H](CC(=O)N3CCN(C(=O)C4CC4)CC3)C(=O)N(Cc3cccc4ccccc34)C1=CCC(C)(C)C2. The fourth-order valence-corrected chi connectivity index (χ4v) is 7.42. The molecule has 4 aliphatic rings. The van der Waals surface area contributed by atoms with Crippen LogP contribution in [0.1, 0.15) is 57.9 Å². The Morgan fingerprint density at radius 2 is 1.64 bits per heavy atom. The molecular formula is C34H41N3O5. The molecule has 2 aliphatic heterocycles. The monoisotopic (exact) mass is 571 g/mol. The summed E-state index contributed by atoms with van der Waals surface area (Å²) in [7, 11) is 1.41. The molecule has 3 amide bonds. The van der Waals surface area contributed by atoms with Crippen LogP contribution in [0.5, 0.6) is 0 Å². The smallest absolute Gasteiger partial charge is 0.317 e. The molecule has 1 saturated carbocycles. The van der Waals surface area contributed by atoms with Crippen molar-refractivity contribution in [1.82, 2.24) is 14.7 Å². The maximum absolute atomic E-state index is 14.3. The Hall–Kier alpha value is -3.68. The van der Waals surface area contributed by atoms with Crippen LogP contribution in [0.25, 0.3) is 10.8 Å². The highest BCUT2D eigenvalue weighted by molar-refractivity contribution is 5.93. The topological polar surface area (TPSA) is 87.2 Å². The second-order valence-electron chi connectivity index (χ2n) is 13.4. The van der Waals surface area contributed by atoms with Gasteiger partial charge in [-0.1, -0.05) is 62.4 Å². The predicted molar refractivity (Wildman–Crippen MR) is 159 cm³/mol. The molecule has 2 saturated heterocycles. The van der Waals surface area contributed by atoms with Gasteiger partial charge in [0, 0.05) is 50.1 Å². The molecule has 222 valence electrons. The lowest BCUT2D eigenvalue weighted by Crippen LogP contribution is -2.56. The van der Waals surface area contributed by atoms with E-state index >= 15 is 0 Å². The van der Waals surface area contributed by atoms with Crippen LogP contribution in [-0.4, -0.2) is 71.7 Å². The van der Waals surface area contributed by atoms with Gasteiger partial charge in [0.15, 0.2) is 0 Å². The lowest BCUT2D eigenvalue weighted by molar-refractivity contribution is -0.163. The fourth-order valence-electron chi connectivity index (χ4n) is 7.42. The fraction of sp³-hybridized carbons (Fsp3) is 0.529. The Labute approximate surface area is 247 Å². The number of likely N-dealkylation sites (tertiary alicyclic amines) is 1. The first kappa shape index (κ1) is 28.4. The number of rotatable bonds is 6. The summed E-state index contributed by atoms with van der Waals surface area (Å²) >= 11 is 0. The molecule has 0 N–H and O–H groups in total. The van der Waals surface area contributed by atoms with Gasteiger partial charge in [-0.2, -0.15) is 0 Å². The molecule has 42 heavy (non-hydrogen) atoms. The van der Waals surface area contributed by atoms with Crippen molar-refractivity contribution in [2.75, 3.05) is 33.3 Å². The van der Waals surface area contributed by atoms with Gasteiger partial charge in [0.25, 0.3) is 0 Å². The number of fused-ring (bicyclic) bond motifs is 2. The van der Waals surface area contributed by atoms with E-state index in [0.717, 1.165) is 35.6 Å². The van der Waals surface area contributed by atoms with Gasteiger partial charge in [-0.15, -0.1) is 0 Å². The van der Waals surface area contributed by atoms with E-state index in [9.17, 15) is 19.2 Å². The molecule has 0 unspecified atom stereocenters. The summed E-state index contributed by atoms with van der Waals surface area (Å²) in [5, 5.41) is 2.15. The van der Waals surface area contributed by atoms with Crippen LogP contribution in [0, 0.1) is 22.7 Å². The molecule has 6 rings (SSSR count). The number of hydrogen-bond donors (Lipinski definition) is 0. The Balaban J connectivity index is 1.29. The van der Waals surface area contributed by atoms with Crippen LogP contribution >= 0.6 is 0 Å². The number of piperidine rings is 1. The lowest BCUT2D eigenvalue weighted by atomic mass is 9.59. The molecule has 0 radical (unpaired) electrons. The van der Waals surface area contributed by atoms with Gasteiger partial charge in [-0.05, 0) is 53.9 Å². The summed E-state index contributed by atoms with van der Waals surface area (Å²) in [4.78, 5) is 59.5. The summed E-state index contributed by atoms with van der Waals surface area (Å²) < 4.78 is 5.42. The summed E-state index contributed by atoms with van der Waals surface area (Å²) in [5.74, 6) is -0.849. The predicted octanol–water partition coefficient (Wildman–Crippen LogP) is 4.52. The molecule has 0 bridgehead atoms. The highest BCUT2D eigenvalue weighted by atomic mass is 16.5. The van der Waals surface area contributed by atoms with E-state index in [1.807, 2.05) is 29.2 Å². The molecule has 0 aromatic heterocycles. The van der Waals surface area contributed by atoms with Crippen LogP contribution in [-0.2, 0) is 30.5 Å². The molecule has 2 aliphatic carbocycles. The van der Waals surface area contributed by atoms with E-state index in [2.05, 4.69) is 38.1 Å². The number of esters is 1. The van der Waals surface area contributed by atoms with Crippen molar-refractivity contribution in [2.24, 2.45) is 22.7 Å². The summed E-state index contributed by atoms with van der Waals surface area (Å²) in [5.41, 5.74) is 0.536. The van der Waals surface area contributed by atoms with Gasteiger partial charge in [0.2, 0.25) is 17.7 Å². The molecule has 2 heterocycles. The van der Waals surface area contributed by atoms with Crippen molar-refractivity contribution >= 4 is 34.5 Å². The minimum atomic E-state index is -1.00. The summed E-state index contributed by atoms with van der Waals surface area (Å²) in [6.45, 7) is 6.59. The van der Waals surface area contributed by atoms with E-state index in [1.165, 1.54) is 7.11 Å². The number of benzene rings is 2. The zero-order chi connectivity index (χ0) is 29.6. The quantitative estimate of drug-likeness (QED) is 0.476. The van der Waals surface area contributed by atoms with Crippen LogP contribution in [0.15, 0.2) is 54.2 Å². The van der Waals surface area contributed by atoms with Crippen molar-refractivity contribution in [3.05, 3.63) is 59.8 Å². The molecule has 8 heteroatoms. The van der Waals surface area contributed by atoms with Gasteiger partial charge in [0.1, 0.15) is 5.41 Å². The molecule has 0 spiro atoms. The highest BCUT2D eigenvalue weighted by Crippen LogP contribution is 2.55. The second kappa shape index (κ2) is 10.9. The van der Waals surface area contributed by atoms with Crippen LogP contribution in [0.4, 0.5) is 0 Å². The Kier molecular flexibility index (Phi) is 7.36. The first-order valence-corrected chi connectivity index (χ1v) is 15.3. The minimum absolute atomic E-state index is 0.0356. The summed E-state index contributed by atoms with van der Waals surface area (Å²) in [6, 6.07) is 14.2. The zero-order valence-electron chi connectivity index (χ0n) is 24.9. The lowest BCUT2D eigenvalue weighted by Gasteiger charge is -2.51. The Morgan fingerprint density at radius 1 is 0.952 bits per heavy atom. The van der Waals surface area contributed by atoms with Crippen LogP contribution < -0.4 is 0 Å². The van der Waals surface area contributed by atoms with E-state index in [1.54, 1.807) is 9.80 Å². The molecule has 2 aromatic carbocycles. The van der Waals surface area contributed by atoms with E-state index < -0.39 is 11.3 Å². The number of nitrogens with zero attached hydrogens (tertiary/aromatic N) is 3. The van der Waals surface area contributed by atoms with Crippen molar-refractivity contribution in [3.63, 3.8) is 0 Å². The Bertz CT molecular complexity index is 1450. The van der Waals surface area contributed by atoms with E-state index in [0.29, 0.717) is 44.8 Å². The Morgan fingerprint density at radius 3 is 2.36 bits per heavy atom. The number of hydrogen-bond acceptors (Lipinski definition) is 5. The van der Waals surface area contributed by atoms with Gasteiger partial charge in [0.05, 0.1) is 13.7 Å². The van der Waals surface area contributed by atoms with Crippen molar-refractivity contribution < 1.29 is 23.9 Å². The number of carbonyl (C=O) groups is 4. The third-order valence-electron chi connectivity index (χ3n) is 9.70. The molecule has 2 atom stereocenters. The number of piperazine rings is 1. The first-order valence-electron chi connectivity index (χ1n) is 15.3. The number of methoxy groups -OCH3 is 1. The third kappa shape index (κ3) is 5.20. The van der Waals surface area contributed by atoms with Crippen LogP contribution in [0.3, 0.4) is 0 Å². The molecular weight excluding hydrogens is 530 g/mol. The van der Waals surface area contributed by atoms with E-state index in [4.69, 9.17) is 4.74 Å². The maximum Gasteiger partial charge on any atom is 0.317 e. The third-order valence-corrected chi connectivity index (χ3v) is 9.70. The van der Waals surface area contributed by atoms with Crippen molar-refractivity contribution in [1.29, 1.82) is 0 Å². The van der Waals surface area contributed by atoms with Gasteiger partial charge >= 0.3 is 5.97 Å². The minimum Gasteiger partial charge on any atom is -0.468 e. The van der Waals surface area contributed by atoms with E-state index in [-0.39, 0.29) is 47.9 Å². The van der Waals surface area contributed by atoms with Gasteiger partial charge in [-0.3, -0.25) is 19.2 Å². The number of amides is 3. The van der Waals surface area contributed by atoms with Crippen molar-refractivity contribution in [3.8, 4) is 0 Å². The maximum atomic E-state index is 14.3.